The summed E-state index contributed by atoms with van der Waals surface area (Å²) in [6, 6.07) is 9.52. The average molecular weight is 293 g/mol. The second-order valence-electron chi connectivity index (χ2n) is 3.86. The Bertz CT molecular complexity index is 605. The number of pyridine rings is 1. The molecule has 0 atom stereocenters. The predicted octanol–water partition coefficient (Wildman–Crippen LogP) is 2.37. The number of hydrogen-bond acceptors (Lipinski definition) is 2. The van der Waals surface area contributed by atoms with Gasteiger partial charge in [0.05, 0.1) is 0 Å². The molecule has 2 rings (SSSR count). The van der Waals surface area contributed by atoms with Gasteiger partial charge in [0, 0.05) is 40.2 Å². The first kappa shape index (κ1) is 12.1. The molecule has 1 heterocycles. The summed E-state index contributed by atoms with van der Waals surface area (Å²) in [6.07, 6.45) is 1.80. The lowest BCUT2D eigenvalue weighted by molar-refractivity contribution is 0.922. The van der Waals surface area contributed by atoms with Crippen LogP contribution in [0.2, 0.25) is 0 Å². The molecule has 0 radical (unpaired) electrons. The molecule has 0 saturated heterocycles. The van der Waals surface area contributed by atoms with Gasteiger partial charge in [0.2, 0.25) is 0 Å². The maximum Gasteiger partial charge on any atom is 0.186 e. The Hall–Kier alpha value is -1.39. The van der Waals surface area contributed by atoms with Crippen LogP contribution in [0.5, 0.6) is 0 Å². The van der Waals surface area contributed by atoms with Crippen molar-refractivity contribution in [3.63, 3.8) is 0 Å². The fourth-order valence-corrected chi connectivity index (χ4v) is 2.12. The van der Waals surface area contributed by atoms with Crippen LogP contribution in [-0.4, -0.2) is 4.57 Å². The summed E-state index contributed by atoms with van der Waals surface area (Å²) in [4.78, 5) is 11.6. The van der Waals surface area contributed by atoms with E-state index in [0.717, 1.165) is 15.9 Å². The number of nitrogens with zero attached hydrogens (tertiary/aromatic N) is 1. The fourth-order valence-electron chi connectivity index (χ4n) is 1.73. The van der Waals surface area contributed by atoms with E-state index in [-0.39, 0.29) is 12.0 Å². The number of benzene rings is 1. The highest BCUT2D eigenvalue weighted by molar-refractivity contribution is 9.10. The maximum absolute atomic E-state index is 11.6. The van der Waals surface area contributed by atoms with Crippen LogP contribution in [-0.2, 0) is 6.54 Å². The highest BCUT2D eigenvalue weighted by Crippen LogP contribution is 2.16. The van der Waals surface area contributed by atoms with E-state index < -0.39 is 0 Å². The quantitative estimate of drug-likeness (QED) is 0.924. The van der Waals surface area contributed by atoms with Crippen molar-refractivity contribution in [2.75, 3.05) is 0 Å². The lowest BCUT2D eigenvalue weighted by Crippen LogP contribution is -2.16. The van der Waals surface area contributed by atoms with Gasteiger partial charge in [-0.3, -0.25) is 4.79 Å². The minimum absolute atomic E-state index is 0.00348. The Balaban J connectivity index is 2.63. The molecular formula is C13H13BrN2O. The van der Waals surface area contributed by atoms with Gasteiger partial charge in [-0.25, -0.2) is 0 Å². The van der Waals surface area contributed by atoms with Crippen molar-refractivity contribution in [2.45, 2.75) is 13.5 Å². The van der Waals surface area contributed by atoms with Crippen LogP contribution in [0, 0.1) is 6.92 Å². The largest absolute Gasteiger partial charge is 0.326 e. The highest BCUT2D eigenvalue weighted by Gasteiger charge is 2.04. The van der Waals surface area contributed by atoms with Gasteiger partial charge in [-0.1, -0.05) is 22.0 Å². The summed E-state index contributed by atoms with van der Waals surface area (Å²) in [5, 5.41) is 0. The van der Waals surface area contributed by atoms with E-state index in [1.807, 2.05) is 35.8 Å². The fraction of sp³-hybridized carbons (Fsp3) is 0.154. The predicted molar refractivity (Wildman–Crippen MR) is 72.4 cm³/mol. The number of hydrogen-bond donors (Lipinski definition) is 1. The van der Waals surface area contributed by atoms with Gasteiger partial charge in [0.1, 0.15) is 0 Å². The van der Waals surface area contributed by atoms with Crippen LogP contribution >= 0.6 is 15.9 Å². The van der Waals surface area contributed by atoms with Crippen molar-refractivity contribution in [3.05, 3.63) is 62.5 Å². The number of aromatic nitrogens is 1. The van der Waals surface area contributed by atoms with Crippen molar-refractivity contribution >= 4 is 15.9 Å². The molecule has 4 heteroatoms. The summed E-state index contributed by atoms with van der Waals surface area (Å²) < 4.78 is 2.97. The van der Waals surface area contributed by atoms with Gasteiger partial charge in [0.15, 0.2) is 5.43 Å². The van der Waals surface area contributed by atoms with Crippen LogP contribution in [0.25, 0.3) is 5.69 Å². The summed E-state index contributed by atoms with van der Waals surface area (Å²) in [5.74, 6) is 0. The lowest BCUT2D eigenvalue weighted by Gasteiger charge is -2.12. The standard InChI is InChI=1S/C13H13BrN2O/c1-9-5-13(17)10(7-15)8-16(9)12-4-2-3-11(14)6-12/h2-6,8H,7,15H2,1H3. The van der Waals surface area contributed by atoms with E-state index in [9.17, 15) is 4.79 Å². The van der Waals surface area contributed by atoms with Crippen molar-refractivity contribution in [1.29, 1.82) is 0 Å². The smallest absolute Gasteiger partial charge is 0.186 e. The molecule has 0 saturated carbocycles. The zero-order valence-electron chi connectivity index (χ0n) is 9.48. The summed E-state index contributed by atoms with van der Waals surface area (Å²) >= 11 is 3.43. The van der Waals surface area contributed by atoms with Gasteiger partial charge < -0.3 is 10.3 Å². The van der Waals surface area contributed by atoms with E-state index in [1.165, 1.54) is 0 Å². The Kier molecular flexibility index (Phi) is 3.45. The van der Waals surface area contributed by atoms with Gasteiger partial charge in [-0.05, 0) is 25.1 Å². The third-order valence-corrected chi connectivity index (χ3v) is 3.12. The second kappa shape index (κ2) is 4.85. The molecule has 0 fully saturated rings. The Morgan fingerprint density at radius 3 is 2.76 bits per heavy atom. The molecule has 3 nitrogen and oxygen atoms in total. The Morgan fingerprint density at radius 2 is 2.12 bits per heavy atom. The highest BCUT2D eigenvalue weighted by atomic mass is 79.9. The molecule has 1 aromatic carbocycles. The number of aryl methyl sites for hydroxylation is 1. The van der Waals surface area contributed by atoms with Crippen LogP contribution in [0.3, 0.4) is 0 Å². The van der Waals surface area contributed by atoms with Crippen LogP contribution in [0.15, 0.2) is 45.8 Å². The Labute approximate surface area is 108 Å². The van der Waals surface area contributed by atoms with Gasteiger partial charge >= 0.3 is 0 Å². The Morgan fingerprint density at radius 1 is 1.35 bits per heavy atom. The molecule has 1 aromatic heterocycles. The molecule has 0 bridgehead atoms. The molecule has 17 heavy (non-hydrogen) atoms. The molecule has 0 aliphatic carbocycles. The zero-order valence-corrected chi connectivity index (χ0v) is 11.1. The van der Waals surface area contributed by atoms with Crippen molar-refractivity contribution in [1.82, 2.24) is 4.57 Å². The minimum atomic E-state index is -0.00348. The third kappa shape index (κ3) is 2.48. The monoisotopic (exact) mass is 292 g/mol. The molecular weight excluding hydrogens is 280 g/mol. The van der Waals surface area contributed by atoms with E-state index >= 15 is 0 Å². The normalized spacial score (nSPS) is 10.5. The van der Waals surface area contributed by atoms with Crippen LogP contribution < -0.4 is 11.2 Å². The summed E-state index contributed by atoms with van der Waals surface area (Å²) in [7, 11) is 0. The molecule has 0 spiro atoms. The van der Waals surface area contributed by atoms with Crippen LogP contribution in [0.4, 0.5) is 0 Å². The molecule has 0 aliphatic rings. The van der Waals surface area contributed by atoms with Gasteiger partial charge in [-0.15, -0.1) is 0 Å². The second-order valence-corrected chi connectivity index (χ2v) is 4.77. The van der Waals surface area contributed by atoms with E-state index in [2.05, 4.69) is 15.9 Å². The minimum Gasteiger partial charge on any atom is -0.326 e. The van der Waals surface area contributed by atoms with Crippen molar-refractivity contribution < 1.29 is 0 Å². The van der Waals surface area contributed by atoms with Gasteiger partial charge in [-0.2, -0.15) is 0 Å². The van der Waals surface area contributed by atoms with E-state index in [1.54, 1.807) is 12.3 Å². The van der Waals surface area contributed by atoms with Crippen LogP contribution in [0.1, 0.15) is 11.3 Å². The first-order chi connectivity index (χ1) is 8.11. The summed E-state index contributed by atoms with van der Waals surface area (Å²) in [5.41, 5.74) is 8.07. The molecule has 2 aromatic rings. The molecule has 88 valence electrons. The maximum atomic E-state index is 11.6. The molecule has 0 amide bonds. The lowest BCUT2D eigenvalue weighted by atomic mass is 10.2. The molecule has 0 unspecified atom stereocenters. The zero-order chi connectivity index (χ0) is 12.4. The van der Waals surface area contributed by atoms with Crippen molar-refractivity contribution in [3.8, 4) is 5.69 Å². The molecule has 0 aliphatic heterocycles. The van der Waals surface area contributed by atoms with Gasteiger partial charge in [0.25, 0.3) is 0 Å². The number of rotatable bonds is 2. The third-order valence-electron chi connectivity index (χ3n) is 2.63. The van der Waals surface area contributed by atoms with E-state index in [0.29, 0.717) is 5.56 Å². The topological polar surface area (TPSA) is 48.0 Å². The average Bonchev–Trinajstić information content (AvgIpc) is 2.29. The first-order valence-electron chi connectivity index (χ1n) is 5.30. The van der Waals surface area contributed by atoms with E-state index in [4.69, 9.17) is 5.73 Å². The summed E-state index contributed by atoms with van der Waals surface area (Å²) in [6.45, 7) is 2.16. The number of halogens is 1. The van der Waals surface area contributed by atoms with Crippen molar-refractivity contribution in [2.24, 2.45) is 5.73 Å². The first-order valence-corrected chi connectivity index (χ1v) is 6.09. The number of nitrogens with two attached hydrogens (primary N) is 1. The SMILES string of the molecule is Cc1cc(=O)c(CN)cn1-c1cccc(Br)c1. The molecule has 2 N–H and O–H groups in total.